The van der Waals surface area contributed by atoms with E-state index < -0.39 is 5.41 Å². The van der Waals surface area contributed by atoms with E-state index in [-0.39, 0.29) is 10.7 Å². The number of hydrogen-bond donors (Lipinski definition) is 0. The summed E-state index contributed by atoms with van der Waals surface area (Å²) in [6.45, 7) is 19.2. The second kappa shape index (κ2) is 10.8. The molecule has 2 heteroatoms. The molecule has 4 aliphatic carbocycles. The van der Waals surface area contributed by atoms with Gasteiger partial charge in [-0.2, -0.15) is 0 Å². The number of halogens is 1. The summed E-state index contributed by atoms with van der Waals surface area (Å²) >= 11 is 6.35. The normalized spacial score (nSPS) is 34.0. The molecule has 0 aromatic heterocycles. The predicted molar refractivity (Wildman–Crippen MR) is 178 cm³/mol. The summed E-state index contributed by atoms with van der Waals surface area (Å²) < 4.78 is 0. The van der Waals surface area contributed by atoms with Crippen LogP contribution in [0.15, 0.2) is 24.3 Å². The maximum absolute atomic E-state index is 12.8. The lowest BCUT2D eigenvalue weighted by molar-refractivity contribution is -0.127. The maximum Gasteiger partial charge on any atom is 0.227 e. The van der Waals surface area contributed by atoms with Gasteiger partial charge >= 0.3 is 0 Å². The summed E-state index contributed by atoms with van der Waals surface area (Å²) in [5, 5.41) is -0.125. The molecule has 2 aromatic rings. The molecule has 6 atom stereocenters. The number of aryl methyl sites for hydroxylation is 2. The largest absolute Gasteiger partial charge is 0.281 e. The highest BCUT2D eigenvalue weighted by atomic mass is 35.5. The zero-order chi connectivity index (χ0) is 30.2. The van der Waals surface area contributed by atoms with Crippen LogP contribution in [0.4, 0.5) is 0 Å². The van der Waals surface area contributed by atoms with Crippen LogP contribution in [-0.4, -0.2) is 5.24 Å². The Morgan fingerprint density at radius 1 is 0.786 bits per heavy atom. The summed E-state index contributed by atoms with van der Waals surface area (Å²) in [5.41, 5.74) is 12.4. The molecule has 0 aliphatic heterocycles. The van der Waals surface area contributed by atoms with Crippen LogP contribution in [0.2, 0.25) is 0 Å². The van der Waals surface area contributed by atoms with E-state index in [0.717, 1.165) is 50.4 Å². The van der Waals surface area contributed by atoms with Gasteiger partial charge in [0.05, 0.1) is 0 Å². The zero-order valence-corrected chi connectivity index (χ0v) is 28.5. The molecule has 0 bridgehead atoms. The van der Waals surface area contributed by atoms with Gasteiger partial charge in [0.25, 0.3) is 0 Å². The minimum Gasteiger partial charge on any atom is -0.281 e. The molecular formula is C40H55ClO. The molecule has 6 unspecified atom stereocenters. The molecule has 2 saturated carbocycles. The van der Waals surface area contributed by atoms with Gasteiger partial charge < -0.3 is 0 Å². The van der Waals surface area contributed by atoms with Crippen molar-refractivity contribution in [1.82, 2.24) is 0 Å². The van der Waals surface area contributed by atoms with Crippen LogP contribution in [0.1, 0.15) is 163 Å². The Bertz CT molecular complexity index is 1380. The first kappa shape index (κ1) is 30.4. The van der Waals surface area contributed by atoms with Crippen LogP contribution in [0, 0.1) is 23.2 Å². The minimum absolute atomic E-state index is 0.00502. The Hall–Kier alpha value is -1.60. The van der Waals surface area contributed by atoms with E-state index in [0.29, 0.717) is 23.2 Å². The fourth-order valence-electron chi connectivity index (χ4n) is 10.9. The van der Waals surface area contributed by atoms with Crippen molar-refractivity contribution >= 4 is 16.8 Å². The first-order valence-corrected chi connectivity index (χ1v) is 17.7. The molecule has 0 N–H and O–H groups in total. The van der Waals surface area contributed by atoms with E-state index in [2.05, 4.69) is 79.7 Å². The number of hydrogen-bond acceptors (Lipinski definition) is 1. The first-order chi connectivity index (χ1) is 19.8. The van der Waals surface area contributed by atoms with Crippen molar-refractivity contribution in [3.8, 4) is 0 Å². The topological polar surface area (TPSA) is 17.1 Å². The summed E-state index contributed by atoms with van der Waals surface area (Å²) in [6, 6.07) is 10.5. The van der Waals surface area contributed by atoms with Crippen molar-refractivity contribution < 1.29 is 4.79 Å². The van der Waals surface area contributed by atoms with E-state index in [9.17, 15) is 4.79 Å². The lowest BCUT2D eigenvalue weighted by atomic mass is 9.50. The van der Waals surface area contributed by atoms with E-state index in [1.165, 1.54) is 54.4 Å². The number of rotatable bonds is 5. The van der Waals surface area contributed by atoms with E-state index in [1.807, 2.05) is 0 Å². The number of fused-ring (bicyclic) bond motifs is 6. The number of benzene rings is 2. The second-order valence-electron chi connectivity index (χ2n) is 16.4. The highest BCUT2D eigenvalue weighted by molar-refractivity contribution is 6.64. The van der Waals surface area contributed by atoms with Gasteiger partial charge in [-0.25, -0.2) is 0 Å². The standard InChI is InChI=1S/C40H55ClO/c1-24(2)31-20-27-12-14-33-26(5)11-9-16-38(33,6)34(27)22-29(31)19-30-23-35-28(21-32(30)25(3)4)13-15-36-39(35,7)17-10-18-40(36,8)37(41)42/h20-26,33,36H,9-19H2,1-8H3. The Morgan fingerprint density at radius 2 is 1.33 bits per heavy atom. The van der Waals surface area contributed by atoms with Crippen molar-refractivity contribution in [3.05, 3.63) is 68.8 Å². The van der Waals surface area contributed by atoms with Gasteiger partial charge in [-0.15, -0.1) is 0 Å². The van der Waals surface area contributed by atoms with Crippen molar-refractivity contribution in [2.24, 2.45) is 23.2 Å². The fourth-order valence-corrected chi connectivity index (χ4v) is 11.1. The van der Waals surface area contributed by atoms with Crippen LogP contribution < -0.4 is 0 Å². The molecule has 1 nitrogen and oxygen atoms in total. The highest BCUT2D eigenvalue weighted by Gasteiger charge is 2.54. The summed E-state index contributed by atoms with van der Waals surface area (Å²) in [7, 11) is 0. The molecule has 42 heavy (non-hydrogen) atoms. The van der Waals surface area contributed by atoms with Crippen LogP contribution >= 0.6 is 11.6 Å². The zero-order valence-electron chi connectivity index (χ0n) is 27.8. The molecule has 0 radical (unpaired) electrons. The SMILES string of the molecule is CC(C)c1cc2c(cc1Cc1cc3c(cc1C(C)C)CCC1C(C)(C(=O)Cl)CCCC31C)C1(C)CCCC(C)C1CC2. The molecule has 2 fully saturated rings. The second-order valence-corrected chi connectivity index (χ2v) is 16.7. The molecule has 0 spiro atoms. The Kier molecular flexibility index (Phi) is 7.81. The van der Waals surface area contributed by atoms with Crippen molar-refractivity contribution in [2.45, 2.75) is 149 Å². The monoisotopic (exact) mass is 586 g/mol. The van der Waals surface area contributed by atoms with Gasteiger partial charge in [-0.05, 0) is 148 Å². The van der Waals surface area contributed by atoms with Gasteiger partial charge in [-0.1, -0.05) is 98.9 Å². The third-order valence-corrected chi connectivity index (χ3v) is 13.7. The van der Waals surface area contributed by atoms with Crippen LogP contribution in [0.25, 0.3) is 0 Å². The van der Waals surface area contributed by atoms with Crippen LogP contribution in [0.5, 0.6) is 0 Å². The Labute approximate surface area is 261 Å². The van der Waals surface area contributed by atoms with Crippen LogP contribution in [0.3, 0.4) is 0 Å². The van der Waals surface area contributed by atoms with Gasteiger partial charge in [0.2, 0.25) is 5.24 Å². The summed E-state index contributed by atoms with van der Waals surface area (Å²) in [4.78, 5) is 12.8. The molecular weight excluding hydrogens is 532 g/mol. The van der Waals surface area contributed by atoms with Gasteiger partial charge in [0.15, 0.2) is 0 Å². The maximum atomic E-state index is 12.8. The van der Waals surface area contributed by atoms with E-state index in [4.69, 9.17) is 11.6 Å². The predicted octanol–water partition coefficient (Wildman–Crippen LogP) is 10.9. The summed E-state index contributed by atoms with van der Waals surface area (Å²) in [5.74, 6) is 2.95. The molecule has 0 saturated heterocycles. The Balaban J connectivity index is 1.47. The lowest BCUT2D eigenvalue weighted by Crippen LogP contribution is -2.51. The lowest BCUT2D eigenvalue weighted by Gasteiger charge is -2.54. The average molecular weight is 587 g/mol. The number of carbonyl (C=O) groups excluding carboxylic acids is 1. The number of carbonyl (C=O) groups is 1. The third kappa shape index (κ3) is 4.66. The van der Waals surface area contributed by atoms with Crippen molar-refractivity contribution in [1.29, 1.82) is 0 Å². The first-order valence-electron chi connectivity index (χ1n) is 17.3. The highest BCUT2D eigenvalue weighted by Crippen LogP contribution is 2.58. The molecule has 4 aliphatic rings. The van der Waals surface area contributed by atoms with Crippen molar-refractivity contribution in [2.75, 3.05) is 0 Å². The summed E-state index contributed by atoms with van der Waals surface area (Å²) in [6.07, 6.45) is 13.0. The molecule has 0 heterocycles. The smallest absolute Gasteiger partial charge is 0.227 e. The average Bonchev–Trinajstić information content (AvgIpc) is 2.92. The minimum atomic E-state index is -0.421. The molecule has 0 amide bonds. The van der Waals surface area contributed by atoms with Crippen molar-refractivity contribution in [3.63, 3.8) is 0 Å². The van der Waals surface area contributed by atoms with E-state index >= 15 is 0 Å². The van der Waals surface area contributed by atoms with Crippen LogP contribution in [-0.2, 0) is 34.9 Å². The quantitative estimate of drug-likeness (QED) is 0.318. The molecule has 2 aromatic carbocycles. The van der Waals surface area contributed by atoms with E-state index in [1.54, 1.807) is 22.3 Å². The van der Waals surface area contributed by atoms with Gasteiger partial charge in [0, 0.05) is 5.41 Å². The van der Waals surface area contributed by atoms with Gasteiger partial charge in [-0.3, -0.25) is 4.79 Å². The molecule has 228 valence electrons. The fraction of sp³-hybridized carbons (Fsp3) is 0.675. The molecule has 6 rings (SSSR count). The Morgan fingerprint density at radius 3 is 1.90 bits per heavy atom. The third-order valence-electron chi connectivity index (χ3n) is 13.3. The van der Waals surface area contributed by atoms with Gasteiger partial charge in [0.1, 0.15) is 0 Å².